The van der Waals surface area contributed by atoms with Gasteiger partial charge in [-0.2, -0.15) is 5.26 Å². The van der Waals surface area contributed by atoms with Gasteiger partial charge in [0.1, 0.15) is 5.54 Å². The average molecular weight is 251 g/mol. The summed E-state index contributed by atoms with van der Waals surface area (Å²) in [5, 5.41) is 12.7. The summed E-state index contributed by atoms with van der Waals surface area (Å²) in [7, 11) is 0. The second kappa shape index (κ2) is 7.11. The van der Waals surface area contributed by atoms with Crippen molar-refractivity contribution in [2.45, 2.75) is 77.4 Å². The second-order valence-corrected chi connectivity index (χ2v) is 5.85. The highest BCUT2D eigenvalue weighted by Gasteiger charge is 2.35. The van der Waals surface area contributed by atoms with Crippen molar-refractivity contribution in [3.05, 3.63) is 0 Å². The summed E-state index contributed by atoms with van der Waals surface area (Å²) < 4.78 is 0. The van der Waals surface area contributed by atoms with Crippen molar-refractivity contribution in [2.75, 3.05) is 13.1 Å². The smallest absolute Gasteiger partial charge is 0.105 e. The van der Waals surface area contributed by atoms with Gasteiger partial charge in [0.15, 0.2) is 0 Å². The first-order chi connectivity index (χ1) is 8.56. The summed E-state index contributed by atoms with van der Waals surface area (Å²) in [5.41, 5.74) is -0.381. The van der Waals surface area contributed by atoms with Crippen molar-refractivity contribution in [1.29, 1.82) is 5.26 Å². The van der Waals surface area contributed by atoms with E-state index in [0.717, 1.165) is 19.0 Å². The van der Waals surface area contributed by atoms with Gasteiger partial charge in [0.25, 0.3) is 0 Å². The van der Waals surface area contributed by atoms with Gasteiger partial charge < -0.3 is 0 Å². The van der Waals surface area contributed by atoms with Gasteiger partial charge in [-0.05, 0) is 52.6 Å². The monoisotopic (exact) mass is 251 g/mol. The molecule has 2 unspecified atom stereocenters. The lowest BCUT2D eigenvalue weighted by Crippen LogP contribution is -2.48. The first-order valence-electron chi connectivity index (χ1n) is 7.48. The summed E-state index contributed by atoms with van der Waals surface area (Å²) in [6, 6.07) is 3.72. The number of hydrogen-bond acceptors (Lipinski definition) is 3. The lowest BCUT2D eigenvalue weighted by Gasteiger charge is -2.34. The summed E-state index contributed by atoms with van der Waals surface area (Å²) in [4.78, 5) is 2.62. The molecule has 0 bridgehead atoms. The van der Waals surface area contributed by atoms with Crippen LogP contribution in [0.2, 0.25) is 0 Å². The molecule has 0 spiro atoms. The minimum Gasteiger partial charge on any atom is -0.300 e. The minimum atomic E-state index is -0.381. The summed E-state index contributed by atoms with van der Waals surface area (Å²) >= 11 is 0. The molecule has 0 radical (unpaired) electrons. The normalized spacial score (nSPS) is 20.4. The van der Waals surface area contributed by atoms with Crippen LogP contribution in [0.15, 0.2) is 0 Å². The van der Waals surface area contributed by atoms with Crippen LogP contribution < -0.4 is 5.32 Å². The molecule has 1 aliphatic carbocycles. The fourth-order valence-corrected chi connectivity index (χ4v) is 2.77. The van der Waals surface area contributed by atoms with Gasteiger partial charge in [0.2, 0.25) is 0 Å². The van der Waals surface area contributed by atoms with E-state index in [0.29, 0.717) is 6.04 Å². The van der Waals surface area contributed by atoms with Crippen LogP contribution in [0, 0.1) is 11.3 Å². The van der Waals surface area contributed by atoms with E-state index in [9.17, 15) is 5.26 Å². The molecule has 1 fully saturated rings. The number of nitrogens with one attached hydrogen (secondary N) is 1. The van der Waals surface area contributed by atoms with E-state index in [2.05, 4.69) is 37.1 Å². The number of unbranched alkanes of at least 4 members (excludes halogenated alkanes) is 1. The van der Waals surface area contributed by atoms with E-state index in [-0.39, 0.29) is 5.54 Å². The van der Waals surface area contributed by atoms with Crippen LogP contribution in [0.5, 0.6) is 0 Å². The molecule has 0 aromatic rings. The molecular weight excluding hydrogens is 222 g/mol. The van der Waals surface area contributed by atoms with Crippen molar-refractivity contribution < 1.29 is 0 Å². The maximum atomic E-state index is 9.35. The third kappa shape index (κ3) is 4.59. The fourth-order valence-electron chi connectivity index (χ4n) is 2.77. The second-order valence-electron chi connectivity index (χ2n) is 5.85. The zero-order chi connectivity index (χ0) is 13.6. The van der Waals surface area contributed by atoms with Crippen LogP contribution >= 0.6 is 0 Å². The average Bonchev–Trinajstić information content (AvgIpc) is 3.14. The van der Waals surface area contributed by atoms with Crippen molar-refractivity contribution in [3.63, 3.8) is 0 Å². The Labute approximate surface area is 113 Å². The largest absolute Gasteiger partial charge is 0.300 e. The Morgan fingerprint density at radius 3 is 2.56 bits per heavy atom. The molecule has 0 amide bonds. The van der Waals surface area contributed by atoms with E-state index in [1.54, 1.807) is 0 Å². The molecule has 0 aromatic heterocycles. The number of hydrogen-bond donors (Lipinski definition) is 1. The Morgan fingerprint density at radius 1 is 1.44 bits per heavy atom. The predicted octanol–water partition coefficient (Wildman–Crippen LogP) is 2.92. The Hall–Kier alpha value is -0.590. The SMILES string of the molecule is CCCCN(C(C)CC(C)(C#N)NCC)C1CC1. The van der Waals surface area contributed by atoms with Gasteiger partial charge in [-0.1, -0.05) is 20.3 Å². The molecule has 1 aliphatic rings. The molecule has 2 atom stereocenters. The highest BCUT2D eigenvalue weighted by molar-refractivity contribution is 5.06. The molecule has 0 aromatic carbocycles. The Bertz CT molecular complexity index is 280. The molecule has 1 saturated carbocycles. The van der Waals surface area contributed by atoms with Gasteiger partial charge in [0, 0.05) is 12.1 Å². The third-order valence-corrected chi connectivity index (χ3v) is 3.87. The summed E-state index contributed by atoms with van der Waals surface area (Å²) in [5.74, 6) is 0. The van der Waals surface area contributed by atoms with E-state index < -0.39 is 0 Å². The van der Waals surface area contributed by atoms with Gasteiger partial charge >= 0.3 is 0 Å². The Kier molecular flexibility index (Phi) is 6.11. The summed E-state index contributed by atoms with van der Waals surface area (Å²) in [6.07, 6.45) is 6.12. The zero-order valence-corrected chi connectivity index (χ0v) is 12.5. The molecule has 0 saturated heterocycles. The predicted molar refractivity (Wildman–Crippen MR) is 76.4 cm³/mol. The third-order valence-electron chi connectivity index (χ3n) is 3.87. The van der Waals surface area contributed by atoms with Crippen molar-refractivity contribution in [1.82, 2.24) is 10.2 Å². The Morgan fingerprint density at radius 2 is 2.11 bits per heavy atom. The maximum Gasteiger partial charge on any atom is 0.105 e. The first kappa shape index (κ1) is 15.5. The van der Waals surface area contributed by atoms with Gasteiger partial charge in [-0.15, -0.1) is 0 Å². The molecule has 1 N–H and O–H groups in total. The van der Waals surface area contributed by atoms with E-state index >= 15 is 0 Å². The van der Waals surface area contributed by atoms with Crippen LogP contribution in [0.1, 0.15) is 59.8 Å². The van der Waals surface area contributed by atoms with Crippen molar-refractivity contribution >= 4 is 0 Å². The first-order valence-corrected chi connectivity index (χ1v) is 7.48. The molecule has 1 rings (SSSR count). The molecule has 104 valence electrons. The fraction of sp³-hybridized carbons (Fsp3) is 0.933. The molecule has 18 heavy (non-hydrogen) atoms. The van der Waals surface area contributed by atoms with Crippen LogP contribution in [0.4, 0.5) is 0 Å². The maximum absolute atomic E-state index is 9.35. The molecule has 3 heteroatoms. The lowest BCUT2D eigenvalue weighted by molar-refractivity contribution is 0.165. The van der Waals surface area contributed by atoms with Crippen LogP contribution in [-0.2, 0) is 0 Å². The summed E-state index contributed by atoms with van der Waals surface area (Å²) in [6.45, 7) is 10.7. The zero-order valence-electron chi connectivity index (χ0n) is 12.5. The van der Waals surface area contributed by atoms with Crippen molar-refractivity contribution in [3.8, 4) is 6.07 Å². The minimum absolute atomic E-state index is 0.381. The van der Waals surface area contributed by atoms with E-state index in [1.807, 2.05) is 6.92 Å². The highest BCUT2D eigenvalue weighted by atomic mass is 15.2. The lowest BCUT2D eigenvalue weighted by atomic mass is 9.94. The Balaban J connectivity index is 2.54. The van der Waals surface area contributed by atoms with Gasteiger partial charge in [-0.25, -0.2) is 0 Å². The van der Waals surface area contributed by atoms with Gasteiger partial charge in [0.05, 0.1) is 6.07 Å². The molecule has 3 nitrogen and oxygen atoms in total. The molecule has 0 aliphatic heterocycles. The van der Waals surface area contributed by atoms with Crippen LogP contribution in [-0.4, -0.2) is 35.6 Å². The number of rotatable bonds is 9. The van der Waals surface area contributed by atoms with E-state index in [4.69, 9.17) is 0 Å². The highest BCUT2D eigenvalue weighted by Crippen LogP contribution is 2.31. The topological polar surface area (TPSA) is 39.1 Å². The number of nitriles is 1. The quantitative estimate of drug-likeness (QED) is 0.685. The van der Waals surface area contributed by atoms with E-state index in [1.165, 1.54) is 32.2 Å². The van der Waals surface area contributed by atoms with Gasteiger partial charge in [-0.3, -0.25) is 10.2 Å². The standard InChI is InChI=1S/C15H29N3/c1-5-7-10-18(14-8-9-14)13(3)11-15(4,12-16)17-6-2/h13-14,17H,5-11H2,1-4H3. The van der Waals surface area contributed by atoms with Crippen LogP contribution in [0.25, 0.3) is 0 Å². The molecule has 0 heterocycles. The molecular formula is C15H29N3. The number of nitrogens with zero attached hydrogens (tertiary/aromatic N) is 2. The van der Waals surface area contributed by atoms with Crippen molar-refractivity contribution in [2.24, 2.45) is 0 Å². The van der Waals surface area contributed by atoms with Crippen LogP contribution in [0.3, 0.4) is 0 Å².